The topological polar surface area (TPSA) is 114 Å². The molecule has 3 aromatic rings. The number of nitrogens with one attached hydrogen (secondary N) is 1. The number of ether oxygens (including phenoxy) is 2. The van der Waals surface area contributed by atoms with Crippen LogP contribution in [-0.4, -0.2) is 17.4 Å². The second-order valence-corrected chi connectivity index (χ2v) is 7.93. The Balaban J connectivity index is 1.75. The van der Waals surface area contributed by atoms with Gasteiger partial charge in [0.1, 0.15) is 24.0 Å². The summed E-state index contributed by atoms with van der Waals surface area (Å²) in [7, 11) is 0. The van der Waals surface area contributed by atoms with Gasteiger partial charge in [-0.2, -0.15) is 5.26 Å². The number of carbonyl (C=O) groups excluding carboxylic acids is 1. The number of non-ortho nitro benzene ring substituents is 1. The molecule has 1 N–H and O–H groups in total. The fourth-order valence-corrected chi connectivity index (χ4v) is 3.67. The highest BCUT2D eigenvalue weighted by Gasteiger charge is 2.14. The van der Waals surface area contributed by atoms with Crippen LogP contribution in [0.4, 0.5) is 11.4 Å². The molecule has 0 aromatic heterocycles. The number of nitrogens with zero attached hydrogens (tertiary/aromatic N) is 2. The Morgan fingerprint density at radius 2 is 1.83 bits per heavy atom. The Labute approximate surface area is 211 Å². The van der Waals surface area contributed by atoms with E-state index < -0.39 is 10.8 Å². The number of halogens is 2. The average Bonchev–Trinajstić information content (AvgIpc) is 2.82. The van der Waals surface area contributed by atoms with Crippen molar-refractivity contribution in [2.75, 3.05) is 11.9 Å². The number of nitro benzene ring substituents is 1. The van der Waals surface area contributed by atoms with Gasteiger partial charge in [0.25, 0.3) is 11.6 Å². The van der Waals surface area contributed by atoms with E-state index in [0.717, 1.165) is 0 Å². The largest absolute Gasteiger partial charge is 0.494 e. The van der Waals surface area contributed by atoms with E-state index in [0.29, 0.717) is 29.2 Å². The van der Waals surface area contributed by atoms with Crippen LogP contribution in [-0.2, 0) is 11.4 Å². The normalized spacial score (nSPS) is 10.9. The highest BCUT2D eigenvalue weighted by atomic mass is 35.5. The van der Waals surface area contributed by atoms with Crippen molar-refractivity contribution in [1.82, 2.24) is 0 Å². The lowest BCUT2D eigenvalue weighted by atomic mass is 10.1. The number of rotatable bonds is 9. The minimum Gasteiger partial charge on any atom is -0.494 e. The predicted molar refractivity (Wildman–Crippen MR) is 134 cm³/mol. The molecule has 0 bridgehead atoms. The minimum atomic E-state index is -0.612. The molecule has 1 amide bonds. The summed E-state index contributed by atoms with van der Waals surface area (Å²) in [5, 5.41) is 23.4. The van der Waals surface area contributed by atoms with Crippen molar-refractivity contribution in [3.8, 4) is 17.6 Å². The average molecular weight is 512 g/mol. The monoisotopic (exact) mass is 511 g/mol. The molecule has 35 heavy (non-hydrogen) atoms. The van der Waals surface area contributed by atoms with Gasteiger partial charge < -0.3 is 14.8 Å². The van der Waals surface area contributed by atoms with Gasteiger partial charge in [0, 0.05) is 23.9 Å². The van der Waals surface area contributed by atoms with E-state index in [1.165, 1.54) is 30.3 Å². The van der Waals surface area contributed by atoms with Crippen LogP contribution in [0.3, 0.4) is 0 Å². The minimum absolute atomic E-state index is 0.00294. The number of amides is 1. The van der Waals surface area contributed by atoms with Crippen molar-refractivity contribution in [2.24, 2.45) is 0 Å². The first kappa shape index (κ1) is 25.6. The second kappa shape index (κ2) is 11.9. The Hall–Kier alpha value is -4.06. The van der Waals surface area contributed by atoms with Gasteiger partial charge in [-0.3, -0.25) is 14.9 Å². The summed E-state index contributed by atoms with van der Waals surface area (Å²) in [5.41, 5.74) is 1.23. The van der Waals surface area contributed by atoms with Gasteiger partial charge in [-0.25, -0.2) is 0 Å². The maximum absolute atomic E-state index is 12.6. The standard InChI is InChI=1S/C25H19Cl2N3O5/c1-2-34-21-8-4-6-19(13-21)29-25(31)18(14-28)9-17-11-22(26)24(23(27)12-17)35-15-16-5-3-7-20(10-16)30(32)33/h3-13H,2,15H2,1H3,(H,29,31)/b18-9-. The zero-order valence-corrected chi connectivity index (χ0v) is 20.0. The van der Waals surface area contributed by atoms with E-state index in [9.17, 15) is 20.2 Å². The lowest BCUT2D eigenvalue weighted by Gasteiger charge is -2.11. The van der Waals surface area contributed by atoms with Crippen molar-refractivity contribution in [1.29, 1.82) is 5.26 Å². The Morgan fingerprint density at radius 1 is 1.11 bits per heavy atom. The molecule has 0 heterocycles. The quantitative estimate of drug-likeness (QED) is 0.153. The number of benzene rings is 3. The van der Waals surface area contributed by atoms with Gasteiger partial charge in [-0.1, -0.05) is 41.4 Å². The summed E-state index contributed by atoms with van der Waals surface area (Å²) in [6.07, 6.45) is 1.35. The van der Waals surface area contributed by atoms with E-state index in [1.54, 1.807) is 36.4 Å². The first-order valence-electron chi connectivity index (χ1n) is 10.3. The van der Waals surface area contributed by atoms with Gasteiger partial charge in [0.15, 0.2) is 5.75 Å². The third kappa shape index (κ3) is 6.96. The van der Waals surface area contributed by atoms with Gasteiger partial charge in [-0.15, -0.1) is 0 Å². The summed E-state index contributed by atoms with van der Waals surface area (Å²) in [6, 6.07) is 17.7. The molecule has 0 fully saturated rings. The van der Waals surface area contributed by atoms with E-state index in [2.05, 4.69) is 5.32 Å². The molecular weight excluding hydrogens is 493 g/mol. The van der Waals surface area contributed by atoms with Gasteiger partial charge in [0.2, 0.25) is 0 Å². The Morgan fingerprint density at radius 3 is 2.49 bits per heavy atom. The van der Waals surface area contributed by atoms with Crippen LogP contribution in [0.15, 0.2) is 66.2 Å². The van der Waals surface area contributed by atoms with Crippen LogP contribution in [0.25, 0.3) is 6.08 Å². The van der Waals surface area contributed by atoms with Crippen molar-refractivity contribution in [2.45, 2.75) is 13.5 Å². The lowest BCUT2D eigenvalue weighted by Crippen LogP contribution is -2.13. The van der Waals surface area contributed by atoms with Crippen molar-refractivity contribution in [3.05, 3.63) is 97.5 Å². The van der Waals surface area contributed by atoms with Gasteiger partial charge in [0.05, 0.1) is 21.6 Å². The van der Waals surface area contributed by atoms with E-state index in [4.69, 9.17) is 32.7 Å². The maximum Gasteiger partial charge on any atom is 0.269 e. The fraction of sp³-hybridized carbons (Fsp3) is 0.120. The zero-order chi connectivity index (χ0) is 25.4. The molecule has 3 aromatic carbocycles. The Kier molecular flexibility index (Phi) is 8.68. The van der Waals surface area contributed by atoms with Crippen LogP contribution in [0.2, 0.25) is 10.0 Å². The smallest absolute Gasteiger partial charge is 0.269 e. The van der Waals surface area contributed by atoms with Crippen LogP contribution >= 0.6 is 23.2 Å². The third-order valence-corrected chi connectivity index (χ3v) is 5.17. The molecule has 0 saturated carbocycles. The number of carbonyl (C=O) groups is 1. The van der Waals surface area contributed by atoms with Crippen LogP contribution < -0.4 is 14.8 Å². The van der Waals surface area contributed by atoms with E-state index in [-0.39, 0.29) is 33.7 Å². The zero-order valence-electron chi connectivity index (χ0n) is 18.5. The fourth-order valence-electron chi connectivity index (χ4n) is 3.06. The van der Waals surface area contributed by atoms with Crippen molar-refractivity contribution < 1.29 is 19.2 Å². The first-order valence-corrected chi connectivity index (χ1v) is 11.1. The van der Waals surface area contributed by atoms with E-state index in [1.807, 2.05) is 13.0 Å². The second-order valence-electron chi connectivity index (χ2n) is 7.11. The molecule has 0 spiro atoms. The predicted octanol–water partition coefficient (Wildman–Crippen LogP) is 6.42. The molecule has 0 saturated heterocycles. The molecule has 0 unspecified atom stereocenters. The highest BCUT2D eigenvalue weighted by molar-refractivity contribution is 6.37. The number of anilines is 1. The van der Waals surface area contributed by atoms with Crippen LogP contribution in [0.5, 0.6) is 11.5 Å². The number of hydrogen-bond acceptors (Lipinski definition) is 6. The molecule has 10 heteroatoms. The summed E-state index contributed by atoms with van der Waals surface area (Å²) >= 11 is 12.6. The lowest BCUT2D eigenvalue weighted by molar-refractivity contribution is -0.384. The van der Waals surface area contributed by atoms with Gasteiger partial charge >= 0.3 is 0 Å². The highest BCUT2D eigenvalue weighted by Crippen LogP contribution is 2.35. The van der Waals surface area contributed by atoms with Crippen LogP contribution in [0.1, 0.15) is 18.1 Å². The molecule has 0 aliphatic rings. The van der Waals surface area contributed by atoms with Crippen molar-refractivity contribution in [3.63, 3.8) is 0 Å². The number of nitro groups is 1. The summed E-state index contributed by atoms with van der Waals surface area (Å²) in [5.74, 6) is 0.152. The molecule has 0 atom stereocenters. The molecule has 0 radical (unpaired) electrons. The van der Waals surface area contributed by atoms with Gasteiger partial charge in [-0.05, 0) is 48.4 Å². The SMILES string of the molecule is CCOc1cccc(NC(=O)/C(C#N)=C\c2cc(Cl)c(OCc3cccc([N+](=O)[O-])c3)c(Cl)c2)c1. The molecule has 178 valence electrons. The number of hydrogen-bond donors (Lipinski definition) is 1. The third-order valence-electron chi connectivity index (χ3n) is 4.60. The molecule has 8 nitrogen and oxygen atoms in total. The maximum atomic E-state index is 12.6. The van der Waals surface area contributed by atoms with Crippen molar-refractivity contribution >= 4 is 46.6 Å². The summed E-state index contributed by atoms with van der Waals surface area (Å²) < 4.78 is 11.1. The summed E-state index contributed by atoms with van der Waals surface area (Å²) in [4.78, 5) is 23.0. The molecule has 3 rings (SSSR count). The number of nitriles is 1. The van der Waals surface area contributed by atoms with E-state index >= 15 is 0 Å². The first-order chi connectivity index (χ1) is 16.8. The molecular formula is C25H19Cl2N3O5. The summed E-state index contributed by atoms with van der Waals surface area (Å²) in [6.45, 7) is 2.33. The Bertz CT molecular complexity index is 1310. The van der Waals surface area contributed by atoms with Crippen LogP contribution in [0, 0.1) is 21.4 Å². The molecule has 0 aliphatic heterocycles. The molecule has 0 aliphatic carbocycles.